The van der Waals surface area contributed by atoms with Gasteiger partial charge in [0.15, 0.2) is 0 Å². The molecule has 0 radical (unpaired) electrons. The van der Waals surface area contributed by atoms with Gasteiger partial charge in [-0.2, -0.15) is 0 Å². The van der Waals surface area contributed by atoms with E-state index in [4.69, 9.17) is 9.52 Å². The Morgan fingerprint density at radius 1 is 1.28 bits per heavy atom. The molecular formula is C11H9N3O4. The third kappa shape index (κ3) is 2.70. The van der Waals surface area contributed by atoms with Crippen LogP contribution in [-0.2, 0) is 4.79 Å². The molecule has 1 amide bonds. The molecule has 0 atom stereocenters. The van der Waals surface area contributed by atoms with Gasteiger partial charge in [0.05, 0.1) is 0 Å². The van der Waals surface area contributed by atoms with E-state index in [-0.39, 0.29) is 0 Å². The Labute approximate surface area is 101 Å². The van der Waals surface area contributed by atoms with Gasteiger partial charge in [0.25, 0.3) is 5.91 Å². The zero-order chi connectivity index (χ0) is 13.0. The molecule has 0 aliphatic carbocycles. The third-order valence-corrected chi connectivity index (χ3v) is 2.15. The SMILES string of the molecule is O=C(O)CNC(=O)c1ccc(-c2nnco2)cc1. The van der Waals surface area contributed by atoms with Gasteiger partial charge in [-0.05, 0) is 24.3 Å². The van der Waals surface area contributed by atoms with E-state index in [1.165, 1.54) is 6.39 Å². The Morgan fingerprint density at radius 3 is 2.56 bits per heavy atom. The predicted molar refractivity (Wildman–Crippen MR) is 59.7 cm³/mol. The van der Waals surface area contributed by atoms with Gasteiger partial charge >= 0.3 is 5.97 Å². The quantitative estimate of drug-likeness (QED) is 0.817. The van der Waals surface area contributed by atoms with Gasteiger partial charge in [-0.3, -0.25) is 9.59 Å². The standard InChI is InChI=1S/C11H9N3O4/c15-9(16)5-12-10(17)7-1-3-8(4-2-7)11-14-13-6-18-11/h1-4,6H,5H2,(H,12,17)(H,15,16). The third-order valence-electron chi connectivity index (χ3n) is 2.15. The van der Waals surface area contributed by atoms with Crippen molar-refractivity contribution in [2.45, 2.75) is 0 Å². The Hall–Kier alpha value is -2.70. The maximum Gasteiger partial charge on any atom is 0.322 e. The minimum Gasteiger partial charge on any atom is -0.480 e. The topological polar surface area (TPSA) is 105 Å². The summed E-state index contributed by atoms with van der Waals surface area (Å²) < 4.78 is 5.00. The summed E-state index contributed by atoms with van der Waals surface area (Å²) in [5.74, 6) is -1.19. The highest BCUT2D eigenvalue weighted by atomic mass is 16.4. The van der Waals surface area contributed by atoms with E-state index in [1.807, 2.05) is 0 Å². The second-order valence-electron chi connectivity index (χ2n) is 3.40. The van der Waals surface area contributed by atoms with Crippen LogP contribution in [0.1, 0.15) is 10.4 Å². The lowest BCUT2D eigenvalue weighted by Crippen LogP contribution is -2.29. The Balaban J connectivity index is 2.08. The zero-order valence-corrected chi connectivity index (χ0v) is 9.16. The van der Waals surface area contributed by atoms with Crippen LogP contribution in [0.5, 0.6) is 0 Å². The molecule has 2 rings (SSSR count). The summed E-state index contributed by atoms with van der Waals surface area (Å²) >= 11 is 0. The number of amides is 1. The highest BCUT2D eigenvalue weighted by Gasteiger charge is 2.08. The fourth-order valence-electron chi connectivity index (χ4n) is 1.32. The predicted octanol–water partition coefficient (Wildman–Crippen LogP) is 0.551. The summed E-state index contributed by atoms with van der Waals surface area (Å²) in [6.07, 6.45) is 1.21. The fourth-order valence-corrected chi connectivity index (χ4v) is 1.32. The molecule has 2 aromatic rings. The fraction of sp³-hybridized carbons (Fsp3) is 0.0909. The lowest BCUT2D eigenvalue weighted by atomic mass is 10.1. The van der Waals surface area contributed by atoms with Crippen LogP contribution in [-0.4, -0.2) is 33.7 Å². The van der Waals surface area contributed by atoms with E-state index in [0.29, 0.717) is 17.0 Å². The maximum atomic E-state index is 11.5. The number of carbonyl (C=O) groups is 2. The summed E-state index contributed by atoms with van der Waals surface area (Å²) in [5, 5.41) is 18.0. The van der Waals surface area contributed by atoms with Crippen LogP contribution in [0.4, 0.5) is 0 Å². The summed E-state index contributed by atoms with van der Waals surface area (Å²) in [7, 11) is 0. The normalized spacial score (nSPS) is 10.0. The average molecular weight is 247 g/mol. The highest BCUT2D eigenvalue weighted by Crippen LogP contribution is 2.16. The average Bonchev–Trinajstić information content (AvgIpc) is 2.90. The molecule has 92 valence electrons. The van der Waals surface area contributed by atoms with Crippen LogP contribution in [0.25, 0.3) is 11.5 Å². The number of carbonyl (C=O) groups excluding carboxylic acids is 1. The second-order valence-corrected chi connectivity index (χ2v) is 3.40. The number of carboxylic acid groups (broad SMARTS) is 1. The number of benzene rings is 1. The highest BCUT2D eigenvalue weighted by molar-refractivity contribution is 5.96. The summed E-state index contributed by atoms with van der Waals surface area (Å²) in [5.41, 5.74) is 1.04. The Bertz CT molecular complexity index is 548. The largest absolute Gasteiger partial charge is 0.480 e. The molecule has 0 spiro atoms. The van der Waals surface area contributed by atoms with Gasteiger partial charge in [0, 0.05) is 11.1 Å². The van der Waals surface area contributed by atoms with Crippen molar-refractivity contribution in [2.75, 3.05) is 6.54 Å². The molecule has 0 unspecified atom stereocenters. The van der Waals surface area contributed by atoms with Crippen molar-refractivity contribution in [3.05, 3.63) is 36.2 Å². The van der Waals surface area contributed by atoms with Crippen molar-refractivity contribution in [3.63, 3.8) is 0 Å². The summed E-state index contributed by atoms with van der Waals surface area (Å²) in [4.78, 5) is 21.8. The van der Waals surface area contributed by atoms with Crippen LogP contribution >= 0.6 is 0 Å². The van der Waals surface area contributed by atoms with Crippen molar-refractivity contribution in [2.24, 2.45) is 0 Å². The molecule has 7 heteroatoms. The van der Waals surface area contributed by atoms with Crippen LogP contribution in [0.3, 0.4) is 0 Å². The van der Waals surface area contributed by atoms with E-state index >= 15 is 0 Å². The monoisotopic (exact) mass is 247 g/mol. The second kappa shape index (κ2) is 5.09. The Kier molecular flexibility index (Phi) is 3.33. The number of nitrogens with zero attached hydrogens (tertiary/aromatic N) is 2. The molecule has 2 N–H and O–H groups in total. The summed E-state index contributed by atoms with van der Waals surface area (Å²) in [6, 6.07) is 6.39. The van der Waals surface area contributed by atoms with Gasteiger partial charge in [-0.1, -0.05) is 0 Å². The molecule has 1 heterocycles. The van der Waals surface area contributed by atoms with Crippen LogP contribution in [0.2, 0.25) is 0 Å². The minimum atomic E-state index is -1.09. The smallest absolute Gasteiger partial charge is 0.322 e. The molecule has 0 saturated heterocycles. The zero-order valence-electron chi connectivity index (χ0n) is 9.16. The number of hydrogen-bond acceptors (Lipinski definition) is 5. The van der Waals surface area contributed by atoms with Crippen molar-refractivity contribution in [1.82, 2.24) is 15.5 Å². The number of carboxylic acids is 1. The van der Waals surface area contributed by atoms with Gasteiger partial charge in [0.2, 0.25) is 12.3 Å². The first-order valence-electron chi connectivity index (χ1n) is 5.03. The molecule has 0 aliphatic rings. The molecule has 1 aromatic carbocycles. The summed E-state index contributed by atoms with van der Waals surface area (Å²) in [6.45, 7) is -0.412. The van der Waals surface area contributed by atoms with E-state index in [0.717, 1.165) is 0 Å². The lowest BCUT2D eigenvalue weighted by Gasteiger charge is -2.02. The van der Waals surface area contributed by atoms with E-state index in [1.54, 1.807) is 24.3 Å². The van der Waals surface area contributed by atoms with Crippen LogP contribution in [0, 0.1) is 0 Å². The van der Waals surface area contributed by atoms with Gasteiger partial charge in [-0.15, -0.1) is 10.2 Å². The molecule has 7 nitrogen and oxygen atoms in total. The van der Waals surface area contributed by atoms with E-state index in [2.05, 4.69) is 15.5 Å². The first-order chi connectivity index (χ1) is 8.66. The van der Waals surface area contributed by atoms with Crippen molar-refractivity contribution >= 4 is 11.9 Å². The van der Waals surface area contributed by atoms with Crippen molar-refractivity contribution in [3.8, 4) is 11.5 Å². The number of hydrogen-bond donors (Lipinski definition) is 2. The first kappa shape index (κ1) is 11.8. The number of aliphatic carboxylic acids is 1. The molecule has 0 aliphatic heterocycles. The molecule has 0 bridgehead atoms. The number of aromatic nitrogens is 2. The number of nitrogens with one attached hydrogen (secondary N) is 1. The van der Waals surface area contributed by atoms with E-state index < -0.39 is 18.4 Å². The van der Waals surface area contributed by atoms with Crippen LogP contribution in [0.15, 0.2) is 35.1 Å². The van der Waals surface area contributed by atoms with E-state index in [9.17, 15) is 9.59 Å². The maximum absolute atomic E-state index is 11.5. The first-order valence-corrected chi connectivity index (χ1v) is 5.03. The molecule has 0 fully saturated rings. The molecule has 0 saturated carbocycles. The molecule has 18 heavy (non-hydrogen) atoms. The lowest BCUT2D eigenvalue weighted by molar-refractivity contribution is -0.135. The van der Waals surface area contributed by atoms with Gasteiger partial charge < -0.3 is 14.8 Å². The Morgan fingerprint density at radius 2 is 2.00 bits per heavy atom. The van der Waals surface area contributed by atoms with Crippen molar-refractivity contribution in [1.29, 1.82) is 0 Å². The van der Waals surface area contributed by atoms with Crippen LogP contribution < -0.4 is 5.32 Å². The van der Waals surface area contributed by atoms with Gasteiger partial charge in [0.1, 0.15) is 6.54 Å². The molecule has 1 aromatic heterocycles. The minimum absolute atomic E-state index is 0.354. The number of rotatable bonds is 4. The van der Waals surface area contributed by atoms with Crippen molar-refractivity contribution < 1.29 is 19.1 Å². The molecular weight excluding hydrogens is 238 g/mol. The van der Waals surface area contributed by atoms with Gasteiger partial charge in [-0.25, -0.2) is 0 Å².